The molecule has 0 saturated carbocycles. The third-order valence-corrected chi connectivity index (χ3v) is 3.11. The summed E-state index contributed by atoms with van der Waals surface area (Å²) in [5.41, 5.74) is 0.417. The van der Waals surface area contributed by atoms with E-state index in [9.17, 15) is 13.2 Å². The summed E-state index contributed by atoms with van der Waals surface area (Å²) < 4.78 is 39.0. The van der Waals surface area contributed by atoms with Crippen LogP contribution < -0.4 is 10.2 Å². The van der Waals surface area contributed by atoms with E-state index < -0.39 is 17.5 Å². The lowest BCUT2D eigenvalue weighted by Gasteiger charge is -2.19. The summed E-state index contributed by atoms with van der Waals surface area (Å²) in [4.78, 5) is 1.88. The molecule has 1 aromatic carbocycles. The minimum Gasteiger partial charge on any atom is -0.371 e. The molecule has 1 aliphatic rings. The van der Waals surface area contributed by atoms with E-state index in [1.54, 1.807) is 0 Å². The Balaban J connectivity index is 2.14. The third-order valence-electron chi connectivity index (χ3n) is 3.11. The van der Waals surface area contributed by atoms with Gasteiger partial charge in [-0.3, -0.25) is 0 Å². The van der Waals surface area contributed by atoms with Gasteiger partial charge in [-0.15, -0.1) is 0 Å². The van der Waals surface area contributed by atoms with Gasteiger partial charge in [-0.1, -0.05) is 0 Å². The number of nitrogens with zero attached hydrogens (tertiary/aromatic N) is 1. The van der Waals surface area contributed by atoms with Crippen molar-refractivity contribution in [3.05, 3.63) is 29.6 Å². The van der Waals surface area contributed by atoms with E-state index in [1.807, 2.05) is 11.9 Å². The zero-order valence-corrected chi connectivity index (χ0v) is 9.64. The van der Waals surface area contributed by atoms with Gasteiger partial charge in [0, 0.05) is 30.9 Å². The summed E-state index contributed by atoms with van der Waals surface area (Å²) in [7, 11) is 1.87. The van der Waals surface area contributed by atoms with E-state index in [2.05, 4.69) is 5.32 Å². The molecule has 0 radical (unpaired) electrons. The van der Waals surface area contributed by atoms with Crippen LogP contribution >= 0.6 is 0 Å². The second-order valence-corrected chi connectivity index (χ2v) is 4.38. The van der Waals surface area contributed by atoms with Crippen LogP contribution in [0.15, 0.2) is 12.1 Å². The number of hydrogen-bond donors (Lipinski definition) is 1. The highest BCUT2D eigenvalue weighted by molar-refractivity contribution is 5.48. The van der Waals surface area contributed by atoms with Crippen LogP contribution in [0, 0.1) is 23.4 Å². The van der Waals surface area contributed by atoms with Crippen LogP contribution in [0.4, 0.5) is 18.9 Å². The number of hydrogen-bond acceptors (Lipinski definition) is 2. The summed E-state index contributed by atoms with van der Waals surface area (Å²) in [6.07, 6.45) is 0.974. The third kappa shape index (κ3) is 2.54. The first-order valence-electron chi connectivity index (χ1n) is 5.66. The zero-order chi connectivity index (χ0) is 12.4. The molecule has 1 unspecified atom stereocenters. The van der Waals surface area contributed by atoms with Gasteiger partial charge in [-0.05, 0) is 25.9 Å². The van der Waals surface area contributed by atoms with Crippen LogP contribution in [0.1, 0.15) is 6.42 Å². The smallest absolute Gasteiger partial charge is 0.194 e. The van der Waals surface area contributed by atoms with Gasteiger partial charge >= 0.3 is 0 Å². The summed E-state index contributed by atoms with van der Waals surface area (Å²) in [6, 6.07) is 2.11. The lowest BCUT2D eigenvalue weighted by Crippen LogP contribution is -2.24. The fourth-order valence-corrected chi connectivity index (χ4v) is 2.25. The van der Waals surface area contributed by atoms with Crippen LogP contribution in [0.25, 0.3) is 0 Å². The van der Waals surface area contributed by atoms with Gasteiger partial charge < -0.3 is 10.2 Å². The Bertz CT molecular complexity index is 386. The molecular weight excluding hydrogens is 229 g/mol. The first-order chi connectivity index (χ1) is 8.11. The molecule has 0 amide bonds. The minimum atomic E-state index is -1.40. The first-order valence-corrected chi connectivity index (χ1v) is 5.66. The maximum atomic E-state index is 13.1. The average molecular weight is 244 g/mol. The Morgan fingerprint density at radius 2 is 1.94 bits per heavy atom. The molecule has 1 aliphatic heterocycles. The molecule has 17 heavy (non-hydrogen) atoms. The van der Waals surface area contributed by atoms with Gasteiger partial charge in [0.05, 0.1) is 0 Å². The maximum Gasteiger partial charge on any atom is 0.194 e. The number of nitrogens with one attached hydrogen (secondary N) is 1. The van der Waals surface area contributed by atoms with E-state index >= 15 is 0 Å². The number of anilines is 1. The summed E-state index contributed by atoms with van der Waals surface area (Å²) >= 11 is 0. The highest BCUT2D eigenvalue weighted by atomic mass is 19.2. The monoisotopic (exact) mass is 244 g/mol. The highest BCUT2D eigenvalue weighted by Gasteiger charge is 2.23. The van der Waals surface area contributed by atoms with Gasteiger partial charge in [0.1, 0.15) is 0 Å². The molecule has 0 aliphatic carbocycles. The van der Waals surface area contributed by atoms with Crippen LogP contribution in [0.2, 0.25) is 0 Å². The Morgan fingerprint density at radius 1 is 1.29 bits per heavy atom. The lowest BCUT2D eigenvalue weighted by atomic mass is 10.1. The fraction of sp³-hybridized carbons (Fsp3) is 0.500. The molecule has 5 heteroatoms. The van der Waals surface area contributed by atoms with Crippen molar-refractivity contribution < 1.29 is 13.2 Å². The van der Waals surface area contributed by atoms with E-state index in [-0.39, 0.29) is 0 Å². The second kappa shape index (κ2) is 4.96. The van der Waals surface area contributed by atoms with Gasteiger partial charge in [-0.25, -0.2) is 13.2 Å². The summed E-state index contributed by atoms with van der Waals surface area (Å²) in [5, 5.41) is 3.08. The highest BCUT2D eigenvalue weighted by Crippen LogP contribution is 2.26. The number of benzene rings is 1. The van der Waals surface area contributed by atoms with Crippen molar-refractivity contribution in [3.8, 4) is 0 Å². The van der Waals surface area contributed by atoms with Crippen LogP contribution in [-0.2, 0) is 0 Å². The molecule has 0 bridgehead atoms. The van der Waals surface area contributed by atoms with Crippen LogP contribution in [-0.4, -0.2) is 26.7 Å². The predicted octanol–water partition coefficient (Wildman–Crippen LogP) is 2.15. The van der Waals surface area contributed by atoms with Crippen molar-refractivity contribution in [2.75, 3.05) is 31.6 Å². The summed E-state index contributed by atoms with van der Waals surface area (Å²) in [6.45, 7) is 2.37. The normalized spacial score (nSPS) is 20.0. The standard InChI is InChI=1S/C12H15F3N2/c1-16-6-8-2-3-17(7-8)9-4-10(13)12(15)11(14)5-9/h4-5,8,16H,2-3,6-7H2,1H3. The van der Waals surface area contributed by atoms with E-state index in [1.165, 1.54) is 0 Å². The lowest BCUT2D eigenvalue weighted by molar-refractivity contribution is 0.447. The molecule has 1 N–H and O–H groups in total. The van der Waals surface area contributed by atoms with Crippen molar-refractivity contribution in [2.24, 2.45) is 5.92 Å². The summed E-state index contributed by atoms with van der Waals surface area (Å²) in [5.74, 6) is -3.19. The minimum absolute atomic E-state index is 0.417. The van der Waals surface area contributed by atoms with Crippen molar-refractivity contribution in [1.29, 1.82) is 0 Å². The fourth-order valence-electron chi connectivity index (χ4n) is 2.25. The molecule has 1 atom stereocenters. The molecule has 0 spiro atoms. The van der Waals surface area contributed by atoms with Crippen molar-refractivity contribution in [2.45, 2.75) is 6.42 Å². The van der Waals surface area contributed by atoms with Gasteiger partial charge in [-0.2, -0.15) is 0 Å². The van der Waals surface area contributed by atoms with Crippen molar-refractivity contribution in [3.63, 3.8) is 0 Å². The van der Waals surface area contributed by atoms with Gasteiger partial charge in [0.15, 0.2) is 17.5 Å². The topological polar surface area (TPSA) is 15.3 Å². The Morgan fingerprint density at radius 3 is 2.53 bits per heavy atom. The molecule has 2 rings (SSSR count). The van der Waals surface area contributed by atoms with Gasteiger partial charge in [0.25, 0.3) is 0 Å². The zero-order valence-electron chi connectivity index (χ0n) is 9.64. The number of halogens is 3. The molecule has 1 fully saturated rings. The molecule has 1 aromatic rings. The number of rotatable bonds is 3. The van der Waals surface area contributed by atoms with Crippen LogP contribution in [0.5, 0.6) is 0 Å². The quantitative estimate of drug-likeness (QED) is 0.820. The van der Waals surface area contributed by atoms with Crippen LogP contribution in [0.3, 0.4) is 0 Å². The average Bonchev–Trinajstić information content (AvgIpc) is 2.74. The van der Waals surface area contributed by atoms with Gasteiger partial charge in [0.2, 0.25) is 0 Å². The van der Waals surface area contributed by atoms with E-state index in [0.717, 1.165) is 38.2 Å². The molecule has 94 valence electrons. The SMILES string of the molecule is CNCC1CCN(c2cc(F)c(F)c(F)c2)C1. The maximum absolute atomic E-state index is 13.1. The molecule has 0 aromatic heterocycles. The Hall–Kier alpha value is -1.23. The van der Waals surface area contributed by atoms with Crippen molar-refractivity contribution in [1.82, 2.24) is 5.32 Å². The van der Waals surface area contributed by atoms with E-state index in [0.29, 0.717) is 11.6 Å². The predicted molar refractivity (Wildman–Crippen MR) is 60.6 cm³/mol. The Labute approximate surface area is 98.4 Å². The Kier molecular flexibility index (Phi) is 3.57. The first kappa shape index (κ1) is 12.2. The van der Waals surface area contributed by atoms with E-state index in [4.69, 9.17) is 0 Å². The molecule has 2 nitrogen and oxygen atoms in total. The van der Waals surface area contributed by atoms with Crippen molar-refractivity contribution >= 4 is 5.69 Å². The largest absolute Gasteiger partial charge is 0.371 e. The second-order valence-electron chi connectivity index (χ2n) is 4.38. The molecule has 1 heterocycles. The molecule has 1 saturated heterocycles. The molecular formula is C12H15F3N2.